The first-order valence-electron chi connectivity index (χ1n) is 6.95. The van der Waals surface area contributed by atoms with Crippen LogP contribution >= 0.6 is 0 Å². The van der Waals surface area contributed by atoms with Gasteiger partial charge < -0.3 is 4.74 Å². The second-order valence-corrected chi connectivity index (χ2v) is 4.90. The van der Waals surface area contributed by atoms with E-state index in [1.54, 1.807) is 7.11 Å². The molecule has 3 heteroatoms. The molecule has 0 radical (unpaired) electrons. The molecule has 0 spiro atoms. The number of ether oxygens (including phenoxy) is 1. The Morgan fingerprint density at radius 1 is 1.05 bits per heavy atom. The molecule has 0 aliphatic heterocycles. The standard InChI is InChI=1S/C17H22N2O/c1-20-17-10-6-5-9-15(17)13-16(19-18)12-11-14-7-3-2-4-8-14/h2-10,16,19H,11-13,18H2,1H3. The summed E-state index contributed by atoms with van der Waals surface area (Å²) in [5, 5.41) is 0. The van der Waals surface area contributed by atoms with E-state index in [0.717, 1.165) is 25.0 Å². The predicted molar refractivity (Wildman–Crippen MR) is 82.6 cm³/mol. The molecule has 0 aromatic heterocycles. The van der Waals surface area contributed by atoms with E-state index in [2.05, 4.69) is 35.8 Å². The highest BCUT2D eigenvalue weighted by molar-refractivity contribution is 5.33. The third-order valence-electron chi connectivity index (χ3n) is 3.52. The summed E-state index contributed by atoms with van der Waals surface area (Å²) in [4.78, 5) is 0. The lowest BCUT2D eigenvalue weighted by atomic mass is 9.99. The highest BCUT2D eigenvalue weighted by atomic mass is 16.5. The number of hydrogen-bond acceptors (Lipinski definition) is 3. The van der Waals surface area contributed by atoms with Crippen LogP contribution < -0.4 is 16.0 Å². The fraction of sp³-hybridized carbons (Fsp3) is 0.294. The number of hydrazine groups is 1. The minimum Gasteiger partial charge on any atom is -0.496 e. The lowest BCUT2D eigenvalue weighted by Gasteiger charge is -2.17. The molecule has 3 nitrogen and oxygen atoms in total. The second-order valence-electron chi connectivity index (χ2n) is 4.90. The van der Waals surface area contributed by atoms with Gasteiger partial charge in [0, 0.05) is 6.04 Å². The van der Waals surface area contributed by atoms with E-state index < -0.39 is 0 Å². The molecule has 2 rings (SSSR count). The van der Waals surface area contributed by atoms with E-state index in [9.17, 15) is 0 Å². The van der Waals surface area contributed by atoms with Crippen LogP contribution in [0.1, 0.15) is 17.5 Å². The summed E-state index contributed by atoms with van der Waals surface area (Å²) in [5.74, 6) is 6.61. The number of nitrogens with two attached hydrogens (primary N) is 1. The van der Waals surface area contributed by atoms with Gasteiger partial charge in [0.25, 0.3) is 0 Å². The third-order valence-corrected chi connectivity index (χ3v) is 3.52. The van der Waals surface area contributed by atoms with E-state index in [1.807, 2.05) is 24.3 Å². The molecular weight excluding hydrogens is 248 g/mol. The van der Waals surface area contributed by atoms with Gasteiger partial charge in [-0.3, -0.25) is 11.3 Å². The second kappa shape index (κ2) is 7.68. The van der Waals surface area contributed by atoms with Crippen LogP contribution in [0.3, 0.4) is 0 Å². The maximum Gasteiger partial charge on any atom is 0.122 e. The number of benzene rings is 2. The van der Waals surface area contributed by atoms with Crippen LogP contribution in [0.4, 0.5) is 0 Å². The average Bonchev–Trinajstić information content (AvgIpc) is 2.52. The van der Waals surface area contributed by atoms with Crippen molar-refractivity contribution in [2.24, 2.45) is 5.84 Å². The zero-order valence-electron chi connectivity index (χ0n) is 11.9. The molecule has 0 aliphatic carbocycles. The summed E-state index contributed by atoms with van der Waals surface area (Å²) >= 11 is 0. The average molecular weight is 270 g/mol. The molecule has 0 saturated carbocycles. The minimum atomic E-state index is 0.242. The number of rotatable bonds is 7. The zero-order valence-corrected chi connectivity index (χ0v) is 11.9. The van der Waals surface area contributed by atoms with Crippen molar-refractivity contribution in [3.05, 3.63) is 65.7 Å². The summed E-state index contributed by atoms with van der Waals surface area (Å²) in [7, 11) is 1.70. The zero-order chi connectivity index (χ0) is 14.2. The van der Waals surface area contributed by atoms with E-state index in [1.165, 1.54) is 11.1 Å². The quantitative estimate of drug-likeness (QED) is 0.600. The molecule has 0 saturated heterocycles. The molecule has 0 heterocycles. The molecule has 106 valence electrons. The van der Waals surface area contributed by atoms with Crippen molar-refractivity contribution in [2.45, 2.75) is 25.3 Å². The molecule has 20 heavy (non-hydrogen) atoms. The Bertz CT molecular complexity index is 513. The van der Waals surface area contributed by atoms with Crippen molar-refractivity contribution in [3.8, 4) is 5.75 Å². The number of nitrogens with one attached hydrogen (secondary N) is 1. The molecule has 3 N–H and O–H groups in total. The highest BCUT2D eigenvalue weighted by Crippen LogP contribution is 2.20. The first kappa shape index (κ1) is 14.6. The molecule has 1 atom stereocenters. The maximum absolute atomic E-state index is 5.69. The van der Waals surface area contributed by atoms with Crippen molar-refractivity contribution in [3.63, 3.8) is 0 Å². The van der Waals surface area contributed by atoms with Gasteiger partial charge >= 0.3 is 0 Å². The monoisotopic (exact) mass is 270 g/mol. The Hall–Kier alpha value is -1.84. The van der Waals surface area contributed by atoms with Crippen LogP contribution in [0, 0.1) is 0 Å². The predicted octanol–water partition coefficient (Wildman–Crippen LogP) is 2.70. The van der Waals surface area contributed by atoms with Crippen LogP contribution in [0.15, 0.2) is 54.6 Å². The highest BCUT2D eigenvalue weighted by Gasteiger charge is 2.11. The van der Waals surface area contributed by atoms with Crippen molar-refractivity contribution in [1.29, 1.82) is 0 Å². The van der Waals surface area contributed by atoms with Gasteiger partial charge in [0.15, 0.2) is 0 Å². The Kier molecular flexibility index (Phi) is 5.59. The maximum atomic E-state index is 5.69. The molecule has 0 fully saturated rings. The van der Waals surface area contributed by atoms with Crippen LogP contribution in [0.25, 0.3) is 0 Å². The first-order valence-corrected chi connectivity index (χ1v) is 6.95. The summed E-state index contributed by atoms with van der Waals surface area (Å²) < 4.78 is 5.38. The Morgan fingerprint density at radius 3 is 2.45 bits per heavy atom. The van der Waals surface area contributed by atoms with Gasteiger partial charge in [-0.25, -0.2) is 0 Å². The molecular formula is C17H22N2O. The number of aryl methyl sites for hydroxylation is 1. The Balaban J connectivity index is 1.95. The fourth-order valence-corrected chi connectivity index (χ4v) is 2.37. The molecule has 0 bridgehead atoms. The van der Waals surface area contributed by atoms with Crippen molar-refractivity contribution < 1.29 is 4.74 Å². The van der Waals surface area contributed by atoms with E-state index in [-0.39, 0.29) is 6.04 Å². The number of methoxy groups -OCH3 is 1. The first-order chi connectivity index (χ1) is 9.83. The van der Waals surface area contributed by atoms with Crippen molar-refractivity contribution in [2.75, 3.05) is 7.11 Å². The van der Waals surface area contributed by atoms with Crippen LogP contribution in [-0.4, -0.2) is 13.2 Å². The van der Waals surface area contributed by atoms with Crippen molar-refractivity contribution >= 4 is 0 Å². The Labute approximate surface area is 120 Å². The van der Waals surface area contributed by atoms with Crippen molar-refractivity contribution in [1.82, 2.24) is 5.43 Å². The fourth-order valence-electron chi connectivity index (χ4n) is 2.37. The van der Waals surface area contributed by atoms with Gasteiger partial charge in [-0.1, -0.05) is 48.5 Å². The van der Waals surface area contributed by atoms with E-state index in [4.69, 9.17) is 10.6 Å². The third kappa shape index (κ3) is 4.08. The van der Waals surface area contributed by atoms with Gasteiger partial charge in [0.05, 0.1) is 7.11 Å². The van der Waals surface area contributed by atoms with E-state index >= 15 is 0 Å². The van der Waals surface area contributed by atoms with Gasteiger partial charge in [-0.2, -0.15) is 0 Å². The molecule has 0 amide bonds. The topological polar surface area (TPSA) is 47.3 Å². The van der Waals surface area contributed by atoms with E-state index in [0.29, 0.717) is 0 Å². The SMILES string of the molecule is COc1ccccc1CC(CCc1ccccc1)NN. The molecule has 0 aliphatic rings. The minimum absolute atomic E-state index is 0.242. The number of para-hydroxylation sites is 1. The van der Waals surface area contributed by atoms with Crippen LogP contribution in [0.5, 0.6) is 5.75 Å². The van der Waals surface area contributed by atoms with Gasteiger partial charge in [0.2, 0.25) is 0 Å². The molecule has 2 aromatic carbocycles. The lowest BCUT2D eigenvalue weighted by Crippen LogP contribution is -2.37. The van der Waals surface area contributed by atoms with Gasteiger partial charge in [0.1, 0.15) is 5.75 Å². The largest absolute Gasteiger partial charge is 0.496 e. The summed E-state index contributed by atoms with van der Waals surface area (Å²) in [6.07, 6.45) is 2.89. The summed E-state index contributed by atoms with van der Waals surface area (Å²) in [6.45, 7) is 0. The molecule has 2 aromatic rings. The van der Waals surface area contributed by atoms with Gasteiger partial charge in [-0.15, -0.1) is 0 Å². The Morgan fingerprint density at radius 2 is 1.75 bits per heavy atom. The number of hydrogen-bond donors (Lipinski definition) is 2. The van der Waals surface area contributed by atoms with Crippen LogP contribution in [0.2, 0.25) is 0 Å². The van der Waals surface area contributed by atoms with Crippen LogP contribution in [-0.2, 0) is 12.8 Å². The van der Waals surface area contributed by atoms with Gasteiger partial charge in [-0.05, 0) is 36.5 Å². The normalized spacial score (nSPS) is 12.1. The lowest BCUT2D eigenvalue weighted by molar-refractivity contribution is 0.403. The summed E-state index contributed by atoms with van der Waals surface area (Å²) in [6, 6.07) is 18.8. The molecule has 1 unspecified atom stereocenters. The smallest absolute Gasteiger partial charge is 0.122 e. The summed E-state index contributed by atoms with van der Waals surface area (Å²) in [5.41, 5.74) is 5.44.